The van der Waals surface area contributed by atoms with Crippen molar-refractivity contribution in [2.24, 2.45) is 7.05 Å². The van der Waals surface area contributed by atoms with Crippen molar-refractivity contribution < 1.29 is 4.79 Å². The Morgan fingerprint density at radius 3 is 2.50 bits per heavy atom. The normalized spacial score (nSPS) is 12.4. The molecule has 0 aliphatic heterocycles. The lowest BCUT2D eigenvalue weighted by Gasteiger charge is -2.15. The summed E-state index contributed by atoms with van der Waals surface area (Å²) in [6, 6.07) is 5.75. The van der Waals surface area contributed by atoms with E-state index in [0.29, 0.717) is 6.54 Å². The Hall–Kier alpha value is -2.04. The van der Waals surface area contributed by atoms with Crippen molar-refractivity contribution in [3.05, 3.63) is 41.0 Å². The Balaban J connectivity index is 2.01. The molecule has 0 bridgehead atoms. The zero-order chi connectivity index (χ0) is 14.9. The lowest BCUT2D eigenvalue weighted by molar-refractivity contribution is -0.124. The van der Waals surface area contributed by atoms with Gasteiger partial charge in [0.25, 0.3) is 0 Å². The average molecular weight is 274 g/mol. The van der Waals surface area contributed by atoms with E-state index in [0.717, 1.165) is 17.1 Å². The first-order chi connectivity index (χ1) is 9.40. The number of hydrogen-bond donors (Lipinski definition) is 1. The standard InChI is InChI=1S/C15H22N4O/c1-10-8-12(3)19(17-10)13(4)15(20)16-9-14-7-6-11(2)18(14)5/h6-8,13H,9H2,1-5H3,(H,16,20)/t13-/m1/s1. The van der Waals surface area contributed by atoms with Crippen LogP contribution in [0.15, 0.2) is 18.2 Å². The lowest BCUT2D eigenvalue weighted by Crippen LogP contribution is -2.32. The summed E-state index contributed by atoms with van der Waals surface area (Å²) in [5, 5.41) is 7.33. The van der Waals surface area contributed by atoms with E-state index in [1.165, 1.54) is 5.69 Å². The van der Waals surface area contributed by atoms with Crippen LogP contribution in [0.1, 0.15) is 35.7 Å². The van der Waals surface area contributed by atoms with Crippen LogP contribution in [0.2, 0.25) is 0 Å². The second kappa shape index (κ2) is 5.53. The van der Waals surface area contributed by atoms with Gasteiger partial charge in [-0.15, -0.1) is 0 Å². The summed E-state index contributed by atoms with van der Waals surface area (Å²) in [4.78, 5) is 12.2. The molecule has 0 spiro atoms. The van der Waals surface area contributed by atoms with E-state index < -0.39 is 0 Å². The highest BCUT2D eigenvalue weighted by Crippen LogP contribution is 2.11. The maximum absolute atomic E-state index is 12.2. The quantitative estimate of drug-likeness (QED) is 0.927. The Labute approximate surface area is 119 Å². The van der Waals surface area contributed by atoms with Crippen LogP contribution in [0.3, 0.4) is 0 Å². The zero-order valence-electron chi connectivity index (χ0n) is 12.8. The van der Waals surface area contributed by atoms with Gasteiger partial charge in [0.15, 0.2) is 0 Å². The molecule has 5 heteroatoms. The third kappa shape index (κ3) is 2.76. The Bertz CT molecular complexity index is 624. The first kappa shape index (κ1) is 14.4. The summed E-state index contributed by atoms with van der Waals surface area (Å²) in [6.45, 7) is 8.34. The van der Waals surface area contributed by atoms with Crippen molar-refractivity contribution in [2.75, 3.05) is 0 Å². The van der Waals surface area contributed by atoms with E-state index in [1.807, 2.05) is 52.9 Å². The van der Waals surface area contributed by atoms with Crippen LogP contribution >= 0.6 is 0 Å². The number of aryl methyl sites for hydroxylation is 3. The van der Waals surface area contributed by atoms with Gasteiger partial charge in [-0.2, -0.15) is 5.10 Å². The minimum atomic E-state index is -0.301. The second-order valence-corrected chi connectivity index (χ2v) is 5.29. The van der Waals surface area contributed by atoms with E-state index in [2.05, 4.69) is 15.0 Å². The van der Waals surface area contributed by atoms with Gasteiger partial charge < -0.3 is 9.88 Å². The number of rotatable bonds is 4. The average Bonchev–Trinajstić information content (AvgIpc) is 2.90. The van der Waals surface area contributed by atoms with Crippen LogP contribution in [0.25, 0.3) is 0 Å². The van der Waals surface area contributed by atoms with Crippen LogP contribution in [0, 0.1) is 20.8 Å². The molecule has 0 aromatic carbocycles. The van der Waals surface area contributed by atoms with Crippen molar-refractivity contribution >= 4 is 5.91 Å². The molecule has 0 unspecified atom stereocenters. The van der Waals surface area contributed by atoms with Crippen molar-refractivity contribution in [3.8, 4) is 0 Å². The number of nitrogens with zero attached hydrogens (tertiary/aromatic N) is 3. The molecule has 2 rings (SSSR count). The van der Waals surface area contributed by atoms with Gasteiger partial charge in [-0.05, 0) is 45.9 Å². The lowest BCUT2D eigenvalue weighted by atomic mass is 10.3. The van der Waals surface area contributed by atoms with Crippen molar-refractivity contribution in [1.82, 2.24) is 19.7 Å². The number of aromatic nitrogens is 3. The van der Waals surface area contributed by atoms with Crippen molar-refractivity contribution in [2.45, 2.75) is 40.3 Å². The van der Waals surface area contributed by atoms with Crippen molar-refractivity contribution in [1.29, 1.82) is 0 Å². The van der Waals surface area contributed by atoms with E-state index in [9.17, 15) is 4.79 Å². The minimum Gasteiger partial charge on any atom is -0.350 e. The summed E-state index contributed by atoms with van der Waals surface area (Å²) in [6.07, 6.45) is 0. The fraction of sp³-hybridized carbons (Fsp3) is 0.467. The van der Waals surface area contributed by atoms with Crippen LogP contribution < -0.4 is 5.32 Å². The monoisotopic (exact) mass is 274 g/mol. The summed E-state index contributed by atoms with van der Waals surface area (Å²) < 4.78 is 3.84. The van der Waals surface area contributed by atoms with E-state index in [-0.39, 0.29) is 11.9 Å². The molecule has 2 aromatic rings. The van der Waals surface area contributed by atoms with Crippen LogP contribution in [0.5, 0.6) is 0 Å². The molecule has 5 nitrogen and oxygen atoms in total. The number of hydrogen-bond acceptors (Lipinski definition) is 2. The molecule has 108 valence electrons. The second-order valence-electron chi connectivity index (χ2n) is 5.29. The van der Waals surface area contributed by atoms with Gasteiger partial charge in [0, 0.05) is 24.1 Å². The van der Waals surface area contributed by atoms with Gasteiger partial charge in [0.2, 0.25) is 5.91 Å². The highest BCUT2D eigenvalue weighted by Gasteiger charge is 2.17. The van der Waals surface area contributed by atoms with Crippen molar-refractivity contribution in [3.63, 3.8) is 0 Å². The fourth-order valence-electron chi connectivity index (χ4n) is 2.32. The van der Waals surface area contributed by atoms with Gasteiger partial charge in [-0.3, -0.25) is 9.48 Å². The van der Waals surface area contributed by atoms with Gasteiger partial charge in [0.05, 0.1) is 12.2 Å². The summed E-state index contributed by atoms with van der Waals surface area (Å²) in [5.74, 6) is -0.0185. The third-order valence-electron chi connectivity index (χ3n) is 3.71. The summed E-state index contributed by atoms with van der Waals surface area (Å²) in [5.41, 5.74) is 4.21. The highest BCUT2D eigenvalue weighted by molar-refractivity contribution is 5.79. The first-order valence-electron chi connectivity index (χ1n) is 6.82. The van der Waals surface area contributed by atoms with E-state index in [4.69, 9.17) is 0 Å². The smallest absolute Gasteiger partial charge is 0.244 e. The minimum absolute atomic E-state index is 0.0185. The number of amides is 1. The molecular weight excluding hydrogens is 252 g/mol. The molecule has 1 amide bonds. The Morgan fingerprint density at radius 1 is 1.30 bits per heavy atom. The molecular formula is C15H22N4O. The molecule has 0 fully saturated rings. The summed E-state index contributed by atoms with van der Waals surface area (Å²) in [7, 11) is 2.00. The van der Waals surface area contributed by atoms with Crippen LogP contribution in [-0.2, 0) is 18.4 Å². The molecule has 0 aliphatic rings. The predicted molar refractivity (Wildman–Crippen MR) is 78.4 cm³/mol. The zero-order valence-corrected chi connectivity index (χ0v) is 12.8. The molecule has 2 aromatic heterocycles. The third-order valence-corrected chi connectivity index (χ3v) is 3.71. The molecule has 0 saturated heterocycles. The van der Waals surface area contributed by atoms with Crippen LogP contribution in [0.4, 0.5) is 0 Å². The Morgan fingerprint density at radius 2 is 2.00 bits per heavy atom. The van der Waals surface area contributed by atoms with Gasteiger partial charge in [-0.1, -0.05) is 0 Å². The van der Waals surface area contributed by atoms with Gasteiger partial charge in [0.1, 0.15) is 6.04 Å². The first-order valence-corrected chi connectivity index (χ1v) is 6.82. The predicted octanol–water partition coefficient (Wildman–Crippen LogP) is 2.02. The SMILES string of the molecule is Cc1cc(C)n([C@H](C)C(=O)NCc2ccc(C)n2C)n1. The maximum Gasteiger partial charge on any atom is 0.244 e. The molecule has 1 N–H and O–H groups in total. The number of carbonyl (C=O) groups is 1. The maximum atomic E-state index is 12.2. The van der Waals surface area contributed by atoms with Crippen LogP contribution in [-0.4, -0.2) is 20.3 Å². The highest BCUT2D eigenvalue weighted by atomic mass is 16.2. The fourth-order valence-corrected chi connectivity index (χ4v) is 2.32. The molecule has 0 aliphatic carbocycles. The molecule has 0 saturated carbocycles. The van der Waals surface area contributed by atoms with E-state index >= 15 is 0 Å². The molecule has 0 radical (unpaired) electrons. The number of carbonyl (C=O) groups excluding carboxylic acids is 1. The largest absolute Gasteiger partial charge is 0.350 e. The van der Waals surface area contributed by atoms with E-state index in [1.54, 1.807) is 4.68 Å². The topological polar surface area (TPSA) is 51.9 Å². The van der Waals surface area contributed by atoms with Gasteiger partial charge >= 0.3 is 0 Å². The number of nitrogens with one attached hydrogen (secondary N) is 1. The van der Waals surface area contributed by atoms with Gasteiger partial charge in [-0.25, -0.2) is 0 Å². The molecule has 1 atom stereocenters. The summed E-state index contributed by atoms with van der Waals surface area (Å²) >= 11 is 0. The Kier molecular flexibility index (Phi) is 3.97. The molecule has 20 heavy (non-hydrogen) atoms. The molecule has 2 heterocycles.